The van der Waals surface area contributed by atoms with Gasteiger partial charge in [-0.15, -0.1) is 0 Å². The van der Waals surface area contributed by atoms with Crippen molar-refractivity contribution >= 4 is 21.9 Å². The number of primary sulfonamides is 1. The minimum atomic E-state index is -3.74. The second-order valence-electron chi connectivity index (χ2n) is 4.61. The van der Waals surface area contributed by atoms with Gasteiger partial charge in [-0.25, -0.2) is 13.6 Å². The van der Waals surface area contributed by atoms with Crippen molar-refractivity contribution in [3.8, 4) is 0 Å². The minimum absolute atomic E-state index is 0.00747. The van der Waals surface area contributed by atoms with Crippen molar-refractivity contribution in [2.24, 2.45) is 10.1 Å². The molecule has 3 rings (SSSR count). The van der Waals surface area contributed by atoms with Crippen LogP contribution in [0.5, 0.6) is 0 Å². The molecule has 0 spiro atoms. The molecule has 1 atom stereocenters. The summed E-state index contributed by atoms with van der Waals surface area (Å²) in [5.41, 5.74) is 0.570. The van der Waals surface area contributed by atoms with Gasteiger partial charge in [-0.1, -0.05) is 30.3 Å². The zero-order valence-corrected chi connectivity index (χ0v) is 11.2. The van der Waals surface area contributed by atoms with E-state index in [9.17, 15) is 13.5 Å². The lowest BCUT2D eigenvalue weighted by molar-refractivity contribution is 0.165. The zero-order valence-electron chi connectivity index (χ0n) is 10.4. The Morgan fingerprint density at radius 1 is 1.05 bits per heavy atom. The molecule has 0 unspecified atom stereocenters. The highest BCUT2D eigenvalue weighted by Gasteiger charge is 2.35. The van der Waals surface area contributed by atoms with Crippen LogP contribution in [0.2, 0.25) is 0 Å². The number of hydrogen-bond acceptors (Lipinski definition) is 4. The van der Waals surface area contributed by atoms with E-state index in [1.165, 1.54) is 30.5 Å². The Hall–Kier alpha value is -2.02. The fourth-order valence-corrected chi connectivity index (χ4v) is 2.79. The molecule has 102 valence electrons. The topological polar surface area (TPSA) is 92.8 Å². The molecule has 0 bridgehead atoms. The molecular formula is C14H12N2O3S. The van der Waals surface area contributed by atoms with Gasteiger partial charge in [0.15, 0.2) is 5.60 Å². The zero-order chi connectivity index (χ0) is 14.4. The third kappa shape index (κ3) is 1.94. The molecule has 20 heavy (non-hydrogen) atoms. The van der Waals surface area contributed by atoms with Crippen molar-refractivity contribution in [3.63, 3.8) is 0 Å². The first kappa shape index (κ1) is 13.0. The Morgan fingerprint density at radius 3 is 2.35 bits per heavy atom. The highest BCUT2D eigenvalue weighted by atomic mass is 32.2. The van der Waals surface area contributed by atoms with Crippen LogP contribution in [0.15, 0.2) is 58.4 Å². The summed E-state index contributed by atoms with van der Waals surface area (Å²) in [4.78, 5) is 4.19. The van der Waals surface area contributed by atoms with Crippen molar-refractivity contribution in [3.05, 3.63) is 59.7 Å². The number of aliphatic imine (C=N–C) groups is 1. The third-order valence-corrected chi connectivity index (χ3v) is 4.26. The molecule has 1 aliphatic rings. The van der Waals surface area contributed by atoms with Crippen LogP contribution in [0.4, 0.5) is 5.69 Å². The van der Waals surface area contributed by atoms with E-state index in [1.807, 2.05) is 18.2 Å². The first-order chi connectivity index (χ1) is 9.41. The lowest BCUT2D eigenvalue weighted by Crippen LogP contribution is -2.26. The van der Waals surface area contributed by atoms with Gasteiger partial charge in [0.05, 0.1) is 10.6 Å². The molecule has 0 radical (unpaired) electrons. The molecule has 0 amide bonds. The predicted molar refractivity (Wildman–Crippen MR) is 75.4 cm³/mol. The van der Waals surface area contributed by atoms with Gasteiger partial charge in [0.1, 0.15) is 0 Å². The fraction of sp³-hybridized carbons (Fsp3) is 0.0714. The highest BCUT2D eigenvalue weighted by molar-refractivity contribution is 7.89. The average Bonchev–Trinajstić information content (AvgIpc) is 2.78. The van der Waals surface area contributed by atoms with Crippen LogP contribution in [0, 0.1) is 0 Å². The first-order valence-corrected chi connectivity index (χ1v) is 7.46. The summed E-state index contributed by atoms with van der Waals surface area (Å²) in [7, 11) is -3.74. The van der Waals surface area contributed by atoms with Gasteiger partial charge >= 0.3 is 0 Å². The number of nitrogens with zero attached hydrogens (tertiary/aromatic N) is 1. The van der Waals surface area contributed by atoms with Crippen molar-refractivity contribution in [1.82, 2.24) is 0 Å². The number of fused-ring (bicyclic) bond motifs is 1. The molecule has 0 fully saturated rings. The van der Waals surface area contributed by atoms with Gasteiger partial charge in [-0.2, -0.15) is 0 Å². The summed E-state index contributed by atoms with van der Waals surface area (Å²) in [5.74, 6) is 0. The quantitative estimate of drug-likeness (QED) is 0.872. The summed E-state index contributed by atoms with van der Waals surface area (Å²) in [6.45, 7) is 0. The van der Waals surface area contributed by atoms with Crippen LogP contribution in [-0.4, -0.2) is 19.7 Å². The Bertz CT molecular complexity index is 797. The second-order valence-corrected chi connectivity index (χ2v) is 6.17. The lowest BCUT2D eigenvalue weighted by atomic mass is 9.88. The van der Waals surface area contributed by atoms with Crippen LogP contribution >= 0.6 is 0 Å². The van der Waals surface area contributed by atoms with E-state index >= 15 is 0 Å². The van der Waals surface area contributed by atoms with Gasteiger partial charge in [-0.3, -0.25) is 4.99 Å². The van der Waals surface area contributed by atoms with Gasteiger partial charge < -0.3 is 5.11 Å². The summed E-state index contributed by atoms with van der Waals surface area (Å²) >= 11 is 0. The van der Waals surface area contributed by atoms with Crippen molar-refractivity contribution < 1.29 is 13.5 Å². The van der Waals surface area contributed by atoms with Crippen LogP contribution in [-0.2, 0) is 15.6 Å². The number of benzene rings is 2. The van der Waals surface area contributed by atoms with Crippen molar-refractivity contribution in [1.29, 1.82) is 0 Å². The van der Waals surface area contributed by atoms with Crippen LogP contribution in [0.25, 0.3) is 0 Å². The fourth-order valence-electron chi connectivity index (χ4n) is 2.27. The van der Waals surface area contributed by atoms with E-state index in [4.69, 9.17) is 5.14 Å². The maximum atomic E-state index is 11.2. The Balaban J connectivity index is 2.09. The Labute approximate surface area is 116 Å². The molecule has 0 aliphatic carbocycles. The molecule has 1 heterocycles. The molecule has 0 saturated carbocycles. The molecule has 0 aromatic heterocycles. The maximum Gasteiger partial charge on any atom is 0.238 e. The molecule has 5 nitrogen and oxygen atoms in total. The Kier molecular flexibility index (Phi) is 2.75. The third-order valence-electron chi connectivity index (χ3n) is 3.33. The summed E-state index contributed by atoms with van der Waals surface area (Å²) in [6.07, 6.45) is 1.45. The molecule has 1 aliphatic heterocycles. The van der Waals surface area contributed by atoms with Crippen molar-refractivity contribution in [2.45, 2.75) is 10.5 Å². The molecule has 0 saturated heterocycles. The Morgan fingerprint density at radius 2 is 1.70 bits per heavy atom. The van der Waals surface area contributed by atoms with E-state index in [0.717, 1.165) is 0 Å². The van der Waals surface area contributed by atoms with Crippen LogP contribution < -0.4 is 5.14 Å². The normalized spacial score (nSPS) is 20.9. The smallest absolute Gasteiger partial charge is 0.238 e. The van der Waals surface area contributed by atoms with E-state index in [2.05, 4.69) is 4.99 Å². The maximum absolute atomic E-state index is 11.2. The number of rotatable bonds is 2. The van der Waals surface area contributed by atoms with Crippen LogP contribution in [0.3, 0.4) is 0 Å². The number of aliphatic hydroxyl groups is 1. The molecule has 3 N–H and O–H groups in total. The van der Waals surface area contributed by atoms with E-state index in [-0.39, 0.29) is 4.90 Å². The van der Waals surface area contributed by atoms with Gasteiger partial charge in [0.2, 0.25) is 10.0 Å². The van der Waals surface area contributed by atoms with Gasteiger partial charge in [0.25, 0.3) is 0 Å². The molecule has 2 aromatic carbocycles. The minimum Gasteiger partial charge on any atom is -0.375 e. The average molecular weight is 288 g/mol. The van der Waals surface area contributed by atoms with E-state index in [1.54, 1.807) is 6.07 Å². The van der Waals surface area contributed by atoms with Crippen LogP contribution in [0.1, 0.15) is 11.1 Å². The van der Waals surface area contributed by atoms with Gasteiger partial charge in [0, 0.05) is 11.8 Å². The number of nitrogens with two attached hydrogens (primary N) is 1. The highest BCUT2D eigenvalue weighted by Crippen LogP contribution is 2.39. The van der Waals surface area contributed by atoms with E-state index < -0.39 is 15.6 Å². The number of sulfonamides is 1. The monoisotopic (exact) mass is 288 g/mol. The summed E-state index contributed by atoms with van der Waals surface area (Å²) < 4.78 is 22.5. The van der Waals surface area contributed by atoms with Crippen molar-refractivity contribution in [2.75, 3.05) is 0 Å². The number of hydrogen-bond donors (Lipinski definition) is 2. The summed E-state index contributed by atoms with van der Waals surface area (Å²) in [5, 5.41) is 15.8. The van der Waals surface area contributed by atoms with E-state index in [0.29, 0.717) is 16.8 Å². The lowest BCUT2D eigenvalue weighted by Gasteiger charge is -2.21. The molecular weight excluding hydrogens is 276 g/mol. The number of para-hydroxylation sites is 1. The first-order valence-electron chi connectivity index (χ1n) is 5.92. The van der Waals surface area contributed by atoms with Gasteiger partial charge in [-0.05, 0) is 23.8 Å². The largest absolute Gasteiger partial charge is 0.375 e. The molecule has 2 aromatic rings. The second kappa shape index (κ2) is 4.24. The standard InChI is InChI=1S/C14H12N2O3S/c15-20(18,19)11-7-5-10(6-8-11)14(17)9-16-13-4-2-1-3-12(13)14/h1-9,17H,(H2,15,18,19)/t14-/m1/s1. The molecule has 6 heteroatoms. The predicted octanol–water partition coefficient (Wildman–Crippen LogP) is 1.29. The summed E-state index contributed by atoms with van der Waals surface area (Å²) in [6, 6.07) is 13.1. The SMILES string of the molecule is NS(=O)(=O)c1ccc([C@]2(O)C=Nc3ccccc32)cc1.